The van der Waals surface area contributed by atoms with Crippen LogP contribution >= 0.6 is 0 Å². The maximum atomic E-state index is 12.5. The van der Waals surface area contributed by atoms with Gasteiger partial charge in [-0.25, -0.2) is 0 Å². The van der Waals surface area contributed by atoms with Crippen LogP contribution in [0.25, 0.3) is 10.8 Å². The molecule has 144 valence electrons. The second-order valence-corrected chi connectivity index (χ2v) is 6.78. The van der Waals surface area contributed by atoms with E-state index in [1.165, 1.54) is 0 Å². The van der Waals surface area contributed by atoms with E-state index in [0.717, 1.165) is 55.1 Å². The standard InChI is InChI=1S/C23H24N2O3/c26-23(18-6-2-1-3-7-18)24-21-10-11-22(20-9-5-4-8-19(20)21)28-17-14-25-12-15-27-16-13-25/h1-11H,12-17H2,(H,24,26). The lowest BCUT2D eigenvalue weighted by atomic mass is 10.1. The Morgan fingerprint density at radius 1 is 0.929 bits per heavy atom. The number of benzene rings is 3. The first-order valence-corrected chi connectivity index (χ1v) is 9.62. The van der Waals surface area contributed by atoms with Crippen molar-refractivity contribution < 1.29 is 14.3 Å². The number of carbonyl (C=O) groups is 1. The van der Waals surface area contributed by atoms with Gasteiger partial charge in [0.1, 0.15) is 12.4 Å². The number of hydrogen-bond acceptors (Lipinski definition) is 4. The molecule has 5 heteroatoms. The Bertz CT molecular complexity index is 937. The molecule has 3 aromatic rings. The lowest BCUT2D eigenvalue weighted by molar-refractivity contribution is 0.0323. The van der Waals surface area contributed by atoms with Gasteiger partial charge in [0.25, 0.3) is 5.91 Å². The number of hydrogen-bond donors (Lipinski definition) is 1. The molecule has 1 saturated heterocycles. The zero-order chi connectivity index (χ0) is 19.2. The van der Waals surface area contributed by atoms with E-state index in [0.29, 0.717) is 12.2 Å². The Balaban J connectivity index is 1.49. The summed E-state index contributed by atoms with van der Waals surface area (Å²) in [5, 5.41) is 4.98. The number of carbonyl (C=O) groups excluding carboxylic acids is 1. The number of nitrogens with one attached hydrogen (secondary N) is 1. The molecule has 1 amide bonds. The molecule has 0 aromatic heterocycles. The van der Waals surface area contributed by atoms with Crippen molar-refractivity contribution in [3.8, 4) is 5.75 Å². The number of fused-ring (bicyclic) bond motifs is 1. The van der Waals surface area contributed by atoms with E-state index < -0.39 is 0 Å². The minimum Gasteiger partial charge on any atom is -0.492 e. The molecule has 0 aliphatic carbocycles. The second-order valence-electron chi connectivity index (χ2n) is 6.78. The third kappa shape index (κ3) is 4.32. The average Bonchev–Trinajstić information content (AvgIpc) is 2.76. The maximum Gasteiger partial charge on any atom is 0.255 e. The van der Waals surface area contributed by atoms with Crippen molar-refractivity contribution in [1.82, 2.24) is 4.90 Å². The van der Waals surface area contributed by atoms with Gasteiger partial charge in [-0.05, 0) is 24.3 Å². The molecular formula is C23H24N2O3. The summed E-state index contributed by atoms with van der Waals surface area (Å²) in [6.07, 6.45) is 0. The van der Waals surface area contributed by atoms with Gasteiger partial charge in [-0.1, -0.05) is 42.5 Å². The predicted octanol–water partition coefficient (Wildman–Crippen LogP) is 3.80. The molecular weight excluding hydrogens is 352 g/mol. The van der Waals surface area contributed by atoms with E-state index in [1.54, 1.807) is 12.1 Å². The highest BCUT2D eigenvalue weighted by Crippen LogP contribution is 2.32. The van der Waals surface area contributed by atoms with Crippen LogP contribution in [0.2, 0.25) is 0 Å². The molecule has 5 nitrogen and oxygen atoms in total. The van der Waals surface area contributed by atoms with E-state index in [-0.39, 0.29) is 5.91 Å². The number of rotatable bonds is 6. The van der Waals surface area contributed by atoms with E-state index in [2.05, 4.69) is 10.2 Å². The van der Waals surface area contributed by atoms with E-state index >= 15 is 0 Å². The quantitative estimate of drug-likeness (QED) is 0.711. The highest BCUT2D eigenvalue weighted by Gasteiger charge is 2.12. The number of anilines is 1. The van der Waals surface area contributed by atoms with Crippen molar-refractivity contribution in [2.75, 3.05) is 44.8 Å². The van der Waals surface area contributed by atoms with Crippen molar-refractivity contribution in [3.05, 3.63) is 72.3 Å². The Kier molecular flexibility index (Phi) is 5.85. The fraction of sp³-hybridized carbons (Fsp3) is 0.261. The molecule has 0 atom stereocenters. The number of morpholine rings is 1. The van der Waals surface area contributed by atoms with Crippen molar-refractivity contribution in [2.45, 2.75) is 0 Å². The Hall–Kier alpha value is -2.89. The van der Waals surface area contributed by atoms with Gasteiger partial charge in [0, 0.05) is 41.7 Å². The van der Waals surface area contributed by atoms with Gasteiger partial charge < -0.3 is 14.8 Å². The number of ether oxygens (including phenoxy) is 2. The third-order valence-corrected chi connectivity index (χ3v) is 4.94. The molecule has 0 unspecified atom stereocenters. The van der Waals surface area contributed by atoms with Gasteiger partial charge in [0.2, 0.25) is 0 Å². The summed E-state index contributed by atoms with van der Waals surface area (Å²) in [5.74, 6) is 0.716. The normalized spacial score (nSPS) is 14.7. The van der Waals surface area contributed by atoms with E-state index in [9.17, 15) is 4.79 Å². The molecule has 1 heterocycles. The van der Waals surface area contributed by atoms with Crippen LogP contribution < -0.4 is 10.1 Å². The van der Waals surface area contributed by atoms with Crippen molar-refractivity contribution in [1.29, 1.82) is 0 Å². The zero-order valence-corrected chi connectivity index (χ0v) is 15.8. The van der Waals surface area contributed by atoms with Crippen molar-refractivity contribution in [2.24, 2.45) is 0 Å². The zero-order valence-electron chi connectivity index (χ0n) is 15.8. The minimum atomic E-state index is -0.119. The van der Waals surface area contributed by atoms with Crippen LogP contribution in [0.15, 0.2) is 66.7 Å². The fourth-order valence-corrected chi connectivity index (χ4v) is 3.40. The van der Waals surface area contributed by atoms with Gasteiger partial charge in [-0.2, -0.15) is 0 Å². The summed E-state index contributed by atoms with van der Waals surface area (Å²) in [6.45, 7) is 4.99. The number of nitrogens with zero attached hydrogens (tertiary/aromatic N) is 1. The summed E-state index contributed by atoms with van der Waals surface area (Å²) in [4.78, 5) is 14.9. The van der Waals surface area contributed by atoms with Crippen molar-refractivity contribution >= 4 is 22.4 Å². The fourth-order valence-electron chi connectivity index (χ4n) is 3.40. The predicted molar refractivity (Wildman–Crippen MR) is 111 cm³/mol. The van der Waals surface area contributed by atoms with Gasteiger partial charge in [0.15, 0.2) is 0 Å². The summed E-state index contributed by atoms with van der Waals surface area (Å²) >= 11 is 0. The average molecular weight is 376 g/mol. The first-order chi connectivity index (χ1) is 13.8. The Morgan fingerprint density at radius 2 is 1.64 bits per heavy atom. The molecule has 28 heavy (non-hydrogen) atoms. The van der Waals surface area contributed by atoms with Gasteiger partial charge in [0.05, 0.1) is 13.2 Å². The van der Waals surface area contributed by atoms with Crippen LogP contribution in [-0.2, 0) is 4.74 Å². The Labute approximate surface area is 164 Å². The molecule has 1 aliphatic heterocycles. The lowest BCUT2D eigenvalue weighted by Gasteiger charge is -2.26. The van der Waals surface area contributed by atoms with Crippen LogP contribution in [0.5, 0.6) is 5.75 Å². The minimum absolute atomic E-state index is 0.119. The molecule has 0 radical (unpaired) electrons. The molecule has 1 aliphatic rings. The summed E-state index contributed by atoms with van der Waals surface area (Å²) in [7, 11) is 0. The molecule has 0 spiro atoms. The van der Waals surface area contributed by atoms with Gasteiger partial charge in [-0.15, -0.1) is 0 Å². The first kappa shape index (κ1) is 18.5. The number of amides is 1. The molecule has 4 rings (SSSR count). The smallest absolute Gasteiger partial charge is 0.255 e. The summed E-state index contributed by atoms with van der Waals surface area (Å²) < 4.78 is 11.5. The Morgan fingerprint density at radius 3 is 2.43 bits per heavy atom. The largest absolute Gasteiger partial charge is 0.492 e. The first-order valence-electron chi connectivity index (χ1n) is 9.62. The van der Waals surface area contributed by atoms with Crippen LogP contribution in [0, 0.1) is 0 Å². The molecule has 3 aromatic carbocycles. The molecule has 1 fully saturated rings. The van der Waals surface area contributed by atoms with E-state index in [4.69, 9.17) is 9.47 Å². The van der Waals surface area contributed by atoms with Gasteiger partial charge in [-0.3, -0.25) is 9.69 Å². The summed E-state index contributed by atoms with van der Waals surface area (Å²) in [5.41, 5.74) is 1.42. The van der Waals surface area contributed by atoms with Crippen LogP contribution in [0.4, 0.5) is 5.69 Å². The lowest BCUT2D eigenvalue weighted by Crippen LogP contribution is -2.38. The molecule has 0 saturated carbocycles. The summed E-state index contributed by atoms with van der Waals surface area (Å²) in [6, 6.07) is 21.1. The van der Waals surface area contributed by atoms with Gasteiger partial charge >= 0.3 is 0 Å². The monoisotopic (exact) mass is 376 g/mol. The highest BCUT2D eigenvalue weighted by molar-refractivity contribution is 6.10. The van der Waals surface area contributed by atoms with Crippen LogP contribution in [0.3, 0.4) is 0 Å². The molecule has 0 bridgehead atoms. The van der Waals surface area contributed by atoms with E-state index in [1.807, 2.05) is 54.6 Å². The van der Waals surface area contributed by atoms with Crippen LogP contribution in [-0.4, -0.2) is 50.3 Å². The highest BCUT2D eigenvalue weighted by atomic mass is 16.5. The third-order valence-electron chi connectivity index (χ3n) is 4.94. The SMILES string of the molecule is O=C(Nc1ccc(OCCN2CCOCC2)c2ccccc12)c1ccccc1. The maximum absolute atomic E-state index is 12.5. The topological polar surface area (TPSA) is 50.8 Å². The van der Waals surface area contributed by atoms with Crippen molar-refractivity contribution in [3.63, 3.8) is 0 Å². The van der Waals surface area contributed by atoms with Crippen LogP contribution in [0.1, 0.15) is 10.4 Å². The second kappa shape index (κ2) is 8.87. The molecule has 1 N–H and O–H groups in total.